The maximum absolute atomic E-state index is 10.5. The molecule has 6 atom stereocenters. The molecule has 1 aliphatic rings. The van der Waals surface area contributed by atoms with Crippen molar-refractivity contribution in [3.8, 4) is 0 Å². The van der Waals surface area contributed by atoms with Crippen LogP contribution in [0.1, 0.15) is 65.7 Å². The van der Waals surface area contributed by atoms with E-state index in [1.54, 1.807) is 20.8 Å². The molecule has 0 aromatic heterocycles. The number of aliphatic carboxylic acids is 1. The number of aliphatic hydroxyl groups is 4. The van der Waals surface area contributed by atoms with Crippen LogP contribution >= 0.6 is 0 Å². The van der Waals surface area contributed by atoms with Crippen LogP contribution in [-0.2, 0) is 14.3 Å². The maximum Gasteiger partial charge on any atom is 0.305 e. The smallest absolute Gasteiger partial charge is 0.305 e. The van der Waals surface area contributed by atoms with Crippen LogP contribution in [-0.4, -0.2) is 73.9 Å². The van der Waals surface area contributed by atoms with Crippen LogP contribution in [0.5, 0.6) is 0 Å². The number of unbranched alkanes of at least 4 members (excludes halogenated alkanes) is 1. The summed E-state index contributed by atoms with van der Waals surface area (Å²) in [6.45, 7) is 5.25. The van der Waals surface area contributed by atoms with Gasteiger partial charge in [-0.1, -0.05) is 12.8 Å². The van der Waals surface area contributed by atoms with Crippen molar-refractivity contribution >= 4 is 5.97 Å². The van der Waals surface area contributed by atoms with Crippen molar-refractivity contribution in [1.82, 2.24) is 0 Å². The van der Waals surface area contributed by atoms with Crippen LogP contribution in [0.4, 0.5) is 0 Å². The van der Waals surface area contributed by atoms with E-state index in [-0.39, 0.29) is 18.9 Å². The first kappa shape index (κ1) is 23.3. The molecule has 1 saturated heterocycles. The number of carbonyl (C=O) groups is 1. The van der Waals surface area contributed by atoms with Gasteiger partial charge in [0.2, 0.25) is 0 Å². The lowest BCUT2D eigenvalue weighted by Crippen LogP contribution is -2.54. The van der Waals surface area contributed by atoms with E-state index in [0.29, 0.717) is 32.1 Å². The highest BCUT2D eigenvalue weighted by atomic mass is 16.7. The van der Waals surface area contributed by atoms with E-state index in [0.717, 1.165) is 0 Å². The fourth-order valence-electron chi connectivity index (χ4n) is 3.05. The molecule has 0 aromatic rings. The Hall–Kier alpha value is -0.770. The number of aliphatic hydroxyl groups excluding tert-OH is 4. The van der Waals surface area contributed by atoms with E-state index < -0.39 is 42.3 Å². The minimum atomic E-state index is -1.02. The van der Waals surface area contributed by atoms with Crippen molar-refractivity contribution in [2.24, 2.45) is 0 Å². The molecule has 1 aliphatic heterocycles. The zero-order valence-electron chi connectivity index (χ0n) is 15.9. The number of hydrogen-bond acceptors (Lipinski definition) is 7. The van der Waals surface area contributed by atoms with E-state index in [1.165, 1.54) is 0 Å². The molecule has 1 rings (SSSR count). The Kier molecular flexibility index (Phi) is 9.43. The van der Waals surface area contributed by atoms with Gasteiger partial charge in [-0.2, -0.15) is 0 Å². The molecule has 154 valence electrons. The van der Waals surface area contributed by atoms with Gasteiger partial charge < -0.3 is 35.0 Å². The van der Waals surface area contributed by atoms with Gasteiger partial charge in [-0.25, -0.2) is 0 Å². The van der Waals surface area contributed by atoms with E-state index in [9.17, 15) is 25.2 Å². The zero-order chi connectivity index (χ0) is 19.9. The van der Waals surface area contributed by atoms with Crippen molar-refractivity contribution in [3.63, 3.8) is 0 Å². The minimum Gasteiger partial charge on any atom is -0.481 e. The van der Waals surface area contributed by atoms with Gasteiger partial charge in [0.15, 0.2) is 6.29 Å². The molecule has 0 aromatic carbocycles. The van der Waals surface area contributed by atoms with Crippen LogP contribution in [0, 0.1) is 0 Å². The second-order valence-electron chi connectivity index (χ2n) is 7.78. The van der Waals surface area contributed by atoms with Crippen LogP contribution in [0.2, 0.25) is 0 Å². The third kappa shape index (κ3) is 8.28. The number of hydrogen-bond donors (Lipinski definition) is 5. The second kappa shape index (κ2) is 10.5. The SMILES string of the molecule is C[C@H](C[C@H](O)CCCC[C@@H](O)CC(=O)O)OC1OC(C)(C)C(O)CC1O. The quantitative estimate of drug-likeness (QED) is 0.333. The average molecular weight is 378 g/mol. The summed E-state index contributed by atoms with van der Waals surface area (Å²) in [4.78, 5) is 10.5. The highest BCUT2D eigenvalue weighted by Crippen LogP contribution is 2.30. The highest BCUT2D eigenvalue weighted by molar-refractivity contribution is 5.67. The van der Waals surface area contributed by atoms with Crippen LogP contribution in [0.3, 0.4) is 0 Å². The first-order valence-corrected chi connectivity index (χ1v) is 9.28. The molecule has 26 heavy (non-hydrogen) atoms. The predicted molar refractivity (Wildman–Crippen MR) is 93.5 cm³/mol. The standard InChI is InChI=1S/C18H34O8/c1-11(25-17-14(21)10-15(22)18(2,3)26-17)8-12(19)6-4-5-7-13(20)9-16(23)24/h11-15,17,19-22H,4-10H2,1-3H3,(H,23,24)/t11-,12-,13-,14?,15?,17?/m1/s1. The van der Waals surface area contributed by atoms with Gasteiger partial charge >= 0.3 is 5.97 Å². The first-order valence-electron chi connectivity index (χ1n) is 9.28. The summed E-state index contributed by atoms with van der Waals surface area (Å²) in [5.74, 6) is -1.02. The van der Waals surface area contributed by atoms with Crippen LogP contribution in [0.15, 0.2) is 0 Å². The Labute approximate surface area is 154 Å². The van der Waals surface area contributed by atoms with Crippen LogP contribution in [0.25, 0.3) is 0 Å². The number of ether oxygens (including phenoxy) is 2. The first-order chi connectivity index (χ1) is 12.0. The van der Waals surface area contributed by atoms with E-state index in [1.807, 2.05) is 0 Å². The van der Waals surface area contributed by atoms with Crippen molar-refractivity contribution in [2.75, 3.05) is 0 Å². The lowest BCUT2D eigenvalue weighted by molar-refractivity contribution is -0.305. The molecule has 8 heteroatoms. The van der Waals surface area contributed by atoms with Crippen LogP contribution < -0.4 is 0 Å². The highest BCUT2D eigenvalue weighted by Gasteiger charge is 2.42. The third-order valence-electron chi connectivity index (χ3n) is 4.71. The summed E-state index contributed by atoms with van der Waals surface area (Å²) in [5.41, 5.74) is -0.807. The Balaban J connectivity index is 2.25. The topological polar surface area (TPSA) is 137 Å². The summed E-state index contributed by atoms with van der Waals surface area (Å²) in [6, 6.07) is 0. The van der Waals surface area contributed by atoms with Gasteiger partial charge in [0.05, 0.1) is 36.4 Å². The van der Waals surface area contributed by atoms with Crippen molar-refractivity contribution in [3.05, 3.63) is 0 Å². The monoisotopic (exact) mass is 378 g/mol. The largest absolute Gasteiger partial charge is 0.481 e. The number of carboxylic acids is 1. The molecule has 1 heterocycles. The van der Waals surface area contributed by atoms with Crippen molar-refractivity contribution in [1.29, 1.82) is 0 Å². The molecule has 0 saturated carbocycles. The van der Waals surface area contributed by atoms with Gasteiger partial charge in [-0.05, 0) is 40.0 Å². The fourth-order valence-corrected chi connectivity index (χ4v) is 3.05. The zero-order valence-corrected chi connectivity index (χ0v) is 15.9. The van der Waals surface area contributed by atoms with Crippen molar-refractivity contribution in [2.45, 2.75) is 108 Å². The molecule has 0 spiro atoms. The molecule has 8 nitrogen and oxygen atoms in total. The lowest BCUT2D eigenvalue weighted by atomic mass is 9.92. The minimum absolute atomic E-state index is 0.172. The van der Waals surface area contributed by atoms with Gasteiger partial charge in [-0.15, -0.1) is 0 Å². The maximum atomic E-state index is 10.5. The van der Waals surface area contributed by atoms with Gasteiger partial charge in [-0.3, -0.25) is 4.79 Å². The summed E-state index contributed by atoms with van der Waals surface area (Å²) in [6.07, 6.45) is -1.82. The molecular weight excluding hydrogens is 344 g/mol. The second-order valence-corrected chi connectivity index (χ2v) is 7.78. The third-order valence-corrected chi connectivity index (χ3v) is 4.71. The van der Waals surface area contributed by atoms with Crippen molar-refractivity contribution < 1.29 is 39.8 Å². The molecule has 0 bridgehead atoms. The molecule has 3 unspecified atom stereocenters. The number of carboxylic acid groups (broad SMARTS) is 1. The molecule has 0 amide bonds. The summed E-state index contributed by atoms with van der Waals surface area (Å²) in [7, 11) is 0. The Bertz CT molecular complexity index is 427. The van der Waals surface area contributed by atoms with Gasteiger partial charge in [0.1, 0.15) is 6.10 Å². The normalized spacial score (nSPS) is 29.1. The molecule has 5 N–H and O–H groups in total. The van der Waals surface area contributed by atoms with E-state index in [2.05, 4.69) is 0 Å². The molecule has 0 aliphatic carbocycles. The molecule has 1 fully saturated rings. The summed E-state index contributed by atoms with van der Waals surface area (Å²) in [5, 5.41) is 48.0. The molecule has 0 radical (unpaired) electrons. The number of rotatable bonds is 11. The van der Waals surface area contributed by atoms with Gasteiger partial charge in [0, 0.05) is 6.42 Å². The predicted octanol–water partition coefficient (Wildman–Crippen LogP) is 0.785. The average Bonchev–Trinajstić information content (AvgIpc) is 2.48. The fraction of sp³-hybridized carbons (Fsp3) is 0.944. The van der Waals surface area contributed by atoms with E-state index >= 15 is 0 Å². The molecular formula is C18H34O8. The van der Waals surface area contributed by atoms with Gasteiger partial charge in [0.25, 0.3) is 0 Å². The summed E-state index contributed by atoms with van der Waals surface area (Å²) < 4.78 is 11.3. The Morgan fingerprint density at radius 1 is 1.19 bits per heavy atom. The van der Waals surface area contributed by atoms with E-state index in [4.69, 9.17) is 14.6 Å². The Morgan fingerprint density at radius 2 is 1.77 bits per heavy atom. The Morgan fingerprint density at radius 3 is 2.35 bits per heavy atom. The lowest BCUT2D eigenvalue weighted by Gasteiger charge is -2.43. The summed E-state index contributed by atoms with van der Waals surface area (Å²) >= 11 is 0.